The maximum Gasteiger partial charge on any atom is 0.167 e. The molecule has 0 unspecified atom stereocenters. The van der Waals surface area contributed by atoms with Crippen LogP contribution in [0.15, 0.2) is 30.5 Å². The Bertz CT molecular complexity index is 428. The number of carbonyl (C=O) groups is 1. The van der Waals surface area contributed by atoms with Gasteiger partial charge in [-0.1, -0.05) is 6.07 Å². The lowest BCUT2D eigenvalue weighted by Crippen LogP contribution is -1.90. The molecular weight excluding hydrogens is 150 g/mol. The number of hydrogen-bond donors (Lipinski definition) is 0. The first-order valence-corrected chi connectivity index (χ1v) is 3.85. The molecular formula is C10H9NO. The summed E-state index contributed by atoms with van der Waals surface area (Å²) in [7, 11) is 0. The van der Waals surface area contributed by atoms with Crippen molar-refractivity contribution in [2.45, 2.75) is 6.92 Å². The van der Waals surface area contributed by atoms with E-state index in [4.69, 9.17) is 0 Å². The SMILES string of the molecule is Cc1cc2ccccn2c1C=O. The highest BCUT2D eigenvalue weighted by molar-refractivity contribution is 5.78. The van der Waals surface area contributed by atoms with Crippen molar-refractivity contribution in [2.75, 3.05) is 0 Å². The van der Waals surface area contributed by atoms with Crippen molar-refractivity contribution in [3.63, 3.8) is 0 Å². The minimum Gasteiger partial charge on any atom is -0.314 e. The van der Waals surface area contributed by atoms with Crippen molar-refractivity contribution in [2.24, 2.45) is 0 Å². The molecule has 0 aliphatic heterocycles. The summed E-state index contributed by atoms with van der Waals surface area (Å²) in [5.41, 5.74) is 2.83. The fourth-order valence-corrected chi connectivity index (χ4v) is 1.43. The quantitative estimate of drug-likeness (QED) is 0.583. The normalized spacial score (nSPS) is 10.4. The molecule has 0 aliphatic carbocycles. The molecule has 0 fully saturated rings. The number of carbonyl (C=O) groups excluding carboxylic acids is 1. The highest BCUT2D eigenvalue weighted by Crippen LogP contribution is 2.13. The van der Waals surface area contributed by atoms with Crippen LogP contribution in [0.4, 0.5) is 0 Å². The highest BCUT2D eigenvalue weighted by Gasteiger charge is 2.03. The largest absolute Gasteiger partial charge is 0.314 e. The number of fused-ring (bicyclic) bond motifs is 1. The van der Waals surface area contributed by atoms with Gasteiger partial charge in [-0.2, -0.15) is 0 Å². The minimum atomic E-state index is 0.741. The van der Waals surface area contributed by atoms with E-state index < -0.39 is 0 Å². The number of aryl methyl sites for hydroxylation is 1. The molecule has 0 spiro atoms. The Hall–Kier alpha value is -1.57. The van der Waals surface area contributed by atoms with Crippen LogP contribution in [-0.4, -0.2) is 10.7 Å². The number of hydrogen-bond acceptors (Lipinski definition) is 1. The molecule has 0 atom stereocenters. The Morgan fingerprint density at radius 3 is 3.00 bits per heavy atom. The summed E-state index contributed by atoms with van der Waals surface area (Å²) in [5, 5.41) is 0. The molecule has 0 radical (unpaired) electrons. The molecule has 2 heterocycles. The summed E-state index contributed by atoms with van der Waals surface area (Å²) >= 11 is 0. The smallest absolute Gasteiger partial charge is 0.167 e. The number of aldehydes is 1. The van der Waals surface area contributed by atoms with Crippen LogP contribution < -0.4 is 0 Å². The van der Waals surface area contributed by atoms with Gasteiger partial charge < -0.3 is 4.40 Å². The van der Waals surface area contributed by atoms with Gasteiger partial charge in [0.15, 0.2) is 6.29 Å². The van der Waals surface area contributed by atoms with Crippen molar-refractivity contribution in [3.8, 4) is 0 Å². The number of nitrogens with zero attached hydrogens (tertiary/aromatic N) is 1. The second-order valence-corrected chi connectivity index (χ2v) is 2.83. The molecule has 12 heavy (non-hydrogen) atoms. The Morgan fingerprint density at radius 1 is 1.42 bits per heavy atom. The van der Waals surface area contributed by atoms with Crippen LogP contribution in [0.1, 0.15) is 16.1 Å². The van der Waals surface area contributed by atoms with E-state index in [0.717, 1.165) is 23.1 Å². The van der Waals surface area contributed by atoms with Crippen LogP contribution in [0.25, 0.3) is 5.52 Å². The van der Waals surface area contributed by atoms with E-state index in [0.29, 0.717) is 0 Å². The summed E-state index contributed by atoms with van der Waals surface area (Å²) in [6.07, 6.45) is 2.79. The first-order valence-electron chi connectivity index (χ1n) is 3.85. The predicted molar refractivity (Wildman–Crippen MR) is 47.5 cm³/mol. The molecule has 0 aromatic carbocycles. The van der Waals surface area contributed by atoms with Gasteiger partial charge in [-0.15, -0.1) is 0 Å². The van der Waals surface area contributed by atoms with Gasteiger partial charge in [-0.05, 0) is 30.7 Å². The fourth-order valence-electron chi connectivity index (χ4n) is 1.43. The number of aromatic nitrogens is 1. The molecule has 2 nitrogen and oxygen atoms in total. The zero-order valence-corrected chi connectivity index (χ0v) is 6.82. The van der Waals surface area contributed by atoms with Gasteiger partial charge in [-0.25, -0.2) is 0 Å². The van der Waals surface area contributed by atoms with Gasteiger partial charge in [0.05, 0.1) is 5.69 Å². The number of pyridine rings is 1. The van der Waals surface area contributed by atoms with Crippen molar-refractivity contribution in [1.82, 2.24) is 4.40 Å². The minimum absolute atomic E-state index is 0.741. The van der Waals surface area contributed by atoms with Gasteiger partial charge >= 0.3 is 0 Å². The first-order chi connectivity index (χ1) is 5.83. The van der Waals surface area contributed by atoms with Gasteiger partial charge in [0.2, 0.25) is 0 Å². The maximum absolute atomic E-state index is 10.7. The van der Waals surface area contributed by atoms with E-state index >= 15 is 0 Å². The molecule has 60 valence electrons. The Kier molecular flexibility index (Phi) is 1.47. The molecule has 0 saturated carbocycles. The van der Waals surface area contributed by atoms with E-state index in [9.17, 15) is 4.79 Å². The third-order valence-electron chi connectivity index (χ3n) is 2.03. The van der Waals surface area contributed by atoms with Crippen LogP contribution in [-0.2, 0) is 0 Å². The van der Waals surface area contributed by atoms with E-state index in [-0.39, 0.29) is 0 Å². The van der Waals surface area contributed by atoms with Crippen LogP contribution >= 0.6 is 0 Å². The van der Waals surface area contributed by atoms with Gasteiger partial charge in [0.25, 0.3) is 0 Å². The Balaban J connectivity index is 2.90. The molecule has 0 N–H and O–H groups in total. The monoisotopic (exact) mass is 159 g/mol. The second-order valence-electron chi connectivity index (χ2n) is 2.83. The van der Waals surface area contributed by atoms with E-state index in [1.807, 2.05) is 41.8 Å². The fraction of sp³-hybridized carbons (Fsp3) is 0.100. The molecule has 0 amide bonds. The van der Waals surface area contributed by atoms with Crippen LogP contribution in [0.3, 0.4) is 0 Å². The predicted octanol–water partition coefficient (Wildman–Crippen LogP) is 2.06. The second kappa shape index (κ2) is 2.48. The average molecular weight is 159 g/mol. The summed E-state index contributed by atoms with van der Waals surface area (Å²) in [4.78, 5) is 10.7. The lowest BCUT2D eigenvalue weighted by Gasteiger charge is -1.94. The summed E-state index contributed by atoms with van der Waals surface area (Å²) in [6.45, 7) is 1.94. The lowest BCUT2D eigenvalue weighted by atomic mass is 10.3. The Labute approximate surface area is 70.4 Å². The van der Waals surface area contributed by atoms with Crippen molar-refractivity contribution in [1.29, 1.82) is 0 Å². The van der Waals surface area contributed by atoms with E-state index in [2.05, 4.69) is 0 Å². The maximum atomic E-state index is 10.7. The summed E-state index contributed by atoms with van der Waals surface area (Å²) in [5.74, 6) is 0. The van der Waals surface area contributed by atoms with Crippen molar-refractivity contribution >= 4 is 11.8 Å². The molecule has 0 bridgehead atoms. The topological polar surface area (TPSA) is 21.5 Å². The third kappa shape index (κ3) is 0.848. The van der Waals surface area contributed by atoms with Crippen molar-refractivity contribution in [3.05, 3.63) is 41.7 Å². The summed E-state index contributed by atoms with van der Waals surface area (Å²) in [6, 6.07) is 7.87. The molecule has 2 aromatic rings. The lowest BCUT2D eigenvalue weighted by molar-refractivity contribution is 0.111. The van der Waals surface area contributed by atoms with Gasteiger partial charge in [-0.3, -0.25) is 4.79 Å². The standard InChI is InChI=1S/C10H9NO/c1-8-6-9-4-2-3-5-11(9)10(8)7-12/h2-7H,1H3. The van der Waals surface area contributed by atoms with E-state index in [1.165, 1.54) is 0 Å². The molecule has 0 aliphatic rings. The van der Waals surface area contributed by atoms with Gasteiger partial charge in [0, 0.05) is 11.7 Å². The van der Waals surface area contributed by atoms with Crippen LogP contribution in [0.5, 0.6) is 0 Å². The third-order valence-corrected chi connectivity index (χ3v) is 2.03. The zero-order valence-electron chi connectivity index (χ0n) is 6.82. The average Bonchev–Trinajstić information content (AvgIpc) is 2.40. The van der Waals surface area contributed by atoms with Crippen LogP contribution in [0, 0.1) is 6.92 Å². The van der Waals surface area contributed by atoms with Crippen molar-refractivity contribution < 1.29 is 4.79 Å². The first kappa shape index (κ1) is 7.10. The highest BCUT2D eigenvalue weighted by atomic mass is 16.1. The zero-order chi connectivity index (χ0) is 8.55. The van der Waals surface area contributed by atoms with Gasteiger partial charge in [0.1, 0.15) is 0 Å². The molecule has 0 saturated heterocycles. The van der Waals surface area contributed by atoms with Crippen LogP contribution in [0.2, 0.25) is 0 Å². The Morgan fingerprint density at radius 2 is 2.25 bits per heavy atom. The molecule has 2 rings (SSSR count). The molecule has 2 heteroatoms. The summed E-state index contributed by atoms with van der Waals surface area (Å²) < 4.78 is 1.89. The number of rotatable bonds is 1. The van der Waals surface area contributed by atoms with E-state index in [1.54, 1.807) is 0 Å². The molecule has 2 aromatic heterocycles.